The van der Waals surface area contributed by atoms with Gasteiger partial charge in [0.1, 0.15) is 42.7 Å². The zero-order valence-corrected chi connectivity index (χ0v) is 38.0. The zero-order chi connectivity index (χ0) is 47.0. The summed E-state index contributed by atoms with van der Waals surface area (Å²) in [4.78, 5) is 17.0. The first kappa shape index (κ1) is 52.7. The van der Waals surface area contributed by atoms with Crippen LogP contribution in [-0.2, 0) is 77.3 Å². The largest absolute Gasteiger partial charge is 0.475 e. The minimum absolute atomic E-state index is 0.0367. The molecule has 12 atom stereocenters. The summed E-state index contributed by atoms with van der Waals surface area (Å²) < 4.78 is 74.8. The first-order valence-electron chi connectivity index (χ1n) is 20.9. The Hall–Kier alpha value is -3.30. The number of hydrogen-bond acceptors (Lipinski definition) is 16. The lowest BCUT2D eigenvalue weighted by Gasteiger charge is -2.45. The number of benzene rings is 4. The van der Waals surface area contributed by atoms with Crippen molar-refractivity contribution in [3.63, 3.8) is 0 Å². The van der Waals surface area contributed by atoms with E-state index in [0.29, 0.717) is 6.61 Å². The van der Waals surface area contributed by atoms with Crippen molar-refractivity contribution in [2.75, 3.05) is 20.3 Å². The standard InChI is InChI=1S/C37H43O8P.C8H17O10P/c1-28-29(2)36(41-24-31-17-9-4-10-18-31)37(38)45-35(28)34(40-23-30-15-7-3-8-16-30)27-44-46(39,42-25-32-19-11-5-12-20-32)43-26-33-21-13-6-14-22-33;1-16-8-6(12)4(10)5(11)7(18-8)3(9)2-17-19(13,14)15/h3-22,28-29,34-38H,23-27H2,1-2H3;3-12H,2H2,1H3,(H2,13,14,15)/t28-,29?,34+,35?,36+,37-;3-,4?,5+,6-,7?,8+/m01/s1. The molecule has 0 aliphatic carbocycles. The van der Waals surface area contributed by atoms with Crippen molar-refractivity contribution in [3.05, 3.63) is 144 Å². The van der Waals surface area contributed by atoms with Crippen molar-refractivity contribution in [3.8, 4) is 0 Å². The second-order valence-corrected chi connectivity index (χ2v) is 18.5. The molecular weight excluding hydrogens is 890 g/mol. The Bertz CT molecular complexity index is 1980. The highest BCUT2D eigenvalue weighted by Crippen LogP contribution is 2.51. The lowest BCUT2D eigenvalue weighted by molar-refractivity contribution is -0.305. The molecule has 18 nitrogen and oxygen atoms in total. The highest BCUT2D eigenvalue weighted by Gasteiger charge is 2.48. The lowest BCUT2D eigenvalue weighted by atomic mass is 9.81. The Morgan fingerprint density at radius 1 is 0.569 bits per heavy atom. The molecule has 0 bridgehead atoms. The van der Waals surface area contributed by atoms with Crippen molar-refractivity contribution >= 4 is 15.6 Å². The fraction of sp³-hybridized carbons (Fsp3) is 0.467. The maximum atomic E-state index is 14.1. The van der Waals surface area contributed by atoms with Crippen LogP contribution in [0.25, 0.3) is 0 Å². The maximum Gasteiger partial charge on any atom is 0.475 e. The van der Waals surface area contributed by atoms with Gasteiger partial charge in [-0.05, 0) is 34.1 Å². The SMILES string of the molecule is CC1[C@H](C)C([C@@H](COP(=O)(OCc2ccccc2)OCc2ccccc2)OCc2ccccc2)O[C@H](O)[C@@H]1OCc1ccccc1.CO[C@H]1OC([C@H](O)COP(=O)(O)O)[C@@H](O)C(O)[C@H]1O. The fourth-order valence-corrected chi connectivity index (χ4v) is 8.56. The summed E-state index contributed by atoms with van der Waals surface area (Å²) in [5.74, 6) is -0.195. The minimum atomic E-state index is -4.78. The molecule has 20 heteroatoms. The van der Waals surface area contributed by atoms with Gasteiger partial charge < -0.3 is 59.0 Å². The van der Waals surface area contributed by atoms with Gasteiger partial charge in [-0.3, -0.25) is 18.1 Å². The number of hydrogen-bond donors (Lipinski definition) is 7. The molecule has 0 aromatic heterocycles. The number of phosphoric ester groups is 2. The van der Waals surface area contributed by atoms with Gasteiger partial charge in [0.15, 0.2) is 12.6 Å². The van der Waals surface area contributed by atoms with Gasteiger partial charge in [-0.1, -0.05) is 135 Å². The van der Waals surface area contributed by atoms with E-state index in [1.165, 1.54) is 7.11 Å². The van der Waals surface area contributed by atoms with Gasteiger partial charge in [-0.25, -0.2) is 9.13 Å². The summed E-state index contributed by atoms with van der Waals surface area (Å²) in [6, 6.07) is 38.4. The second kappa shape index (κ2) is 25.7. The van der Waals surface area contributed by atoms with E-state index >= 15 is 0 Å². The van der Waals surface area contributed by atoms with Crippen LogP contribution in [0.2, 0.25) is 0 Å². The van der Waals surface area contributed by atoms with E-state index in [4.69, 9.17) is 47.0 Å². The number of ether oxygens (including phenoxy) is 5. The zero-order valence-electron chi connectivity index (χ0n) is 36.2. The van der Waals surface area contributed by atoms with Crippen LogP contribution in [0.3, 0.4) is 0 Å². The summed E-state index contributed by atoms with van der Waals surface area (Å²) in [6.07, 6.45) is -12.3. The molecule has 6 rings (SSSR count). The average Bonchev–Trinajstić information content (AvgIpc) is 3.31. The van der Waals surface area contributed by atoms with Gasteiger partial charge in [0, 0.05) is 7.11 Å². The summed E-state index contributed by atoms with van der Waals surface area (Å²) in [6.45, 7) is 3.78. The monoisotopic (exact) mass is 950 g/mol. The molecule has 358 valence electrons. The van der Waals surface area contributed by atoms with E-state index in [-0.39, 0.29) is 38.3 Å². The van der Waals surface area contributed by atoms with Crippen molar-refractivity contribution in [2.24, 2.45) is 11.8 Å². The quantitative estimate of drug-likeness (QED) is 0.0563. The van der Waals surface area contributed by atoms with Crippen LogP contribution in [0.15, 0.2) is 121 Å². The highest BCUT2D eigenvalue weighted by atomic mass is 31.2. The molecular formula is C45H60O18P2. The number of methoxy groups -OCH3 is 1. The van der Waals surface area contributed by atoms with Gasteiger partial charge in [-0.2, -0.15) is 0 Å². The van der Waals surface area contributed by atoms with Crippen LogP contribution in [-0.4, -0.2) is 117 Å². The number of aliphatic hydroxyl groups is 5. The molecule has 0 saturated carbocycles. The third-order valence-corrected chi connectivity index (χ3v) is 12.7. The molecule has 2 fully saturated rings. The van der Waals surface area contributed by atoms with E-state index in [1.54, 1.807) is 0 Å². The lowest BCUT2D eigenvalue weighted by Crippen LogP contribution is -2.61. The molecule has 7 N–H and O–H groups in total. The van der Waals surface area contributed by atoms with Crippen molar-refractivity contribution in [1.29, 1.82) is 0 Å². The van der Waals surface area contributed by atoms with E-state index in [1.807, 2.05) is 135 Å². The van der Waals surface area contributed by atoms with E-state index in [0.717, 1.165) is 22.3 Å². The second-order valence-electron chi connectivity index (χ2n) is 15.6. The summed E-state index contributed by atoms with van der Waals surface area (Å²) in [5.41, 5.74) is 3.62. The number of rotatable bonds is 21. The van der Waals surface area contributed by atoms with Crippen LogP contribution < -0.4 is 0 Å². The third kappa shape index (κ3) is 16.5. The molecule has 0 radical (unpaired) electrons. The first-order chi connectivity index (χ1) is 31.1. The van der Waals surface area contributed by atoms with Gasteiger partial charge in [0.2, 0.25) is 0 Å². The fourth-order valence-electron chi connectivity index (χ4n) is 7.05. The predicted molar refractivity (Wildman–Crippen MR) is 233 cm³/mol. The van der Waals surface area contributed by atoms with E-state index < -0.39 is 83.7 Å². The maximum absolute atomic E-state index is 14.1. The van der Waals surface area contributed by atoms with Gasteiger partial charge in [0.05, 0.1) is 45.7 Å². The smallest absolute Gasteiger partial charge is 0.388 e. The summed E-state index contributed by atoms with van der Waals surface area (Å²) >= 11 is 0. The predicted octanol–water partition coefficient (Wildman–Crippen LogP) is 4.62. The van der Waals surface area contributed by atoms with E-state index in [9.17, 15) is 34.7 Å². The Labute approximate surface area is 378 Å². The highest BCUT2D eigenvalue weighted by molar-refractivity contribution is 7.48. The molecule has 4 aromatic rings. The van der Waals surface area contributed by atoms with Crippen molar-refractivity contribution in [1.82, 2.24) is 0 Å². The number of phosphoric acid groups is 2. The molecule has 2 saturated heterocycles. The van der Waals surface area contributed by atoms with Crippen LogP contribution in [0.5, 0.6) is 0 Å². The summed E-state index contributed by atoms with van der Waals surface area (Å²) in [5, 5.41) is 49.4. The molecule has 2 heterocycles. The molecule has 2 aliphatic rings. The van der Waals surface area contributed by atoms with Gasteiger partial charge in [-0.15, -0.1) is 0 Å². The molecule has 0 spiro atoms. The summed E-state index contributed by atoms with van der Waals surface area (Å²) in [7, 11) is -7.69. The third-order valence-electron chi connectivity index (χ3n) is 10.9. The molecule has 2 aliphatic heterocycles. The molecule has 4 unspecified atom stereocenters. The molecule has 0 amide bonds. The van der Waals surface area contributed by atoms with Crippen molar-refractivity contribution < 1.29 is 86.2 Å². The Kier molecular flexibility index (Phi) is 20.8. The van der Waals surface area contributed by atoms with Crippen LogP contribution in [0, 0.1) is 11.8 Å². The Morgan fingerprint density at radius 3 is 1.52 bits per heavy atom. The van der Waals surface area contributed by atoms with Crippen LogP contribution in [0.4, 0.5) is 0 Å². The topological polar surface area (TPSA) is 259 Å². The number of aliphatic hydroxyl groups excluding tert-OH is 5. The Morgan fingerprint density at radius 2 is 1.05 bits per heavy atom. The van der Waals surface area contributed by atoms with Gasteiger partial charge in [0.25, 0.3) is 0 Å². The minimum Gasteiger partial charge on any atom is -0.388 e. The van der Waals surface area contributed by atoms with E-state index in [2.05, 4.69) is 4.52 Å². The Balaban J connectivity index is 0.000000350. The molecule has 4 aromatic carbocycles. The average molecular weight is 951 g/mol. The van der Waals surface area contributed by atoms with Crippen molar-refractivity contribution in [2.45, 2.75) is 102 Å². The van der Waals surface area contributed by atoms with Crippen LogP contribution >= 0.6 is 15.6 Å². The van der Waals surface area contributed by atoms with Gasteiger partial charge >= 0.3 is 15.6 Å². The normalized spacial score (nSPS) is 27.0. The first-order valence-corrected chi connectivity index (χ1v) is 23.9. The van der Waals surface area contributed by atoms with Crippen LogP contribution in [0.1, 0.15) is 36.1 Å². The molecule has 65 heavy (non-hydrogen) atoms.